The molecule has 2 rings (SSSR count). The summed E-state index contributed by atoms with van der Waals surface area (Å²) < 4.78 is 0. The smallest absolute Gasteiger partial charge is 0.223 e. The van der Waals surface area contributed by atoms with Gasteiger partial charge in [0.15, 0.2) is 0 Å². The number of amides is 1. The Hall–Kier alpha value is -0.570. The van der Waals surface area contributed by atoms with E-state index in [4.69, 9.17) is 0 Å². The second-order valence-electron chi connectivity index (χ2n) is 5.72. The zero-order valence-electron chi connectivity index (χ0n) is 11.1. The van der Waals surface area contributed by atoms with Gasteiger partial charge in [0.2, 0.25) is 5.91 Å². The second-order valence-corrected chi connectivity index (χ2v) is 5.72. The van der Waals surface area contributed by atoms with Crippen molar-refractivity contribution in [1.82, 2.24) is 10.2 Å². The van der Waals surface area contributed by atoms with Crippen molar-refractivity contribution in [2.75, 3.05) is 26.2 Å². The lowest BCUT2D eigenvalue weighted by Gasteiger charge is -2.19. The van der Waals surface area contributed by atoms with Crippen molar-refractivity contribution >= 4 is 5.91 Å². The van der Waals surface area contributed by atoms with Crippen molar-refractivity contribution in [3.63, 3.8) is 0 Å². The summed E-state index contributed by atoms with van der Waals surface area (Å²) in [5.41, 5.74) is 0. The topological polar surface area (TPSA) is 32.3 Å². The summed E-state index contributed by atoms with van der Waals surface area (Å²) in [6, 6.07) is 0. The molecule has 2 aliphatic rings. The molecule has 0 unspecified atom stereocenters. The third-order valence-corrected chi connectivity index (χ3v) is 4.10. The summed E-state index contributed by atoms with van der Waals surface area (Å²) >= 11 is 0. The summed E-state index contributed by atoms with van der Waals surface area (Å²) in [4.78, 5) is 14.2. The van der Waals surface area contributed by atoms with Crippen LogP contribution >= 0.6 is 0 Å². The number of hydrogen-bond acceptors (Lipinski definition) is 2. The fourth-order valence-corrected chi connectivity index (χ4v) is 2.69. The molecule has 1 aliphatic heterocycles. The van der Waals surface area contributed by atoms with Crippen molar-refractivity contribution in [2.45, 2.75) is 45.4 Å². The van der Waals surface area contributed by atoms with E-state index in [-0.39, 0.29) is 5.91 Å². The number of hydrogen-bond donors (Lipinski definition) is 1. The minimum Gasteiger partial charge on any atom is -0.356 e. The van der Waals surface area contributed by atoms with Crippen LogP contribution in [0.5, 0.6) is 0 Å². The van der Waals surface area contributed by atoms with Crippen LogP contribution in [-0.2, 0) is 4.79 Å². The van der Waals surface area contributed by atoms with Gasteiger partial charge in [0, 0.05) is 12.5 Å². The first kappa shape index (κ1) is 12.9. The van der Waals surface area contributed by atoms with Gasteiger partial charge in [0.05, 0.1) is 0 Å². The molecule has 0 spiro atoms. The number of rotatable bonds is 5. The van der Waals surface area contributed by atoms with E-state index in [1.54, 1.807) is 0 Å². The molecule has 0 bridgehead atoms. The predicted molar refractivity (Wildman–Crippen MR) is 69.8 cm³/mol. The van der Waals surface area contributed by atoms with Gasteiger partial charge >= 0.3 is 0 Å². The summed E-state index contributed by atoms with van der Waals surface area (Å²) in [6.45, 7) is 6.68. The van der Waals surface area contributed by atoms with Gasteiger partial charge < -0.3 is 10.2 Å². The largest absolute Gasteiger partial charge is 0.356 e. The number of carbonyl (C=O) groups is 1. The molecule has 0 aromatic carbocycles. The first-order valence-corrected chi connectivity index (χ1v) is 7.27. The molecule has 0 aromatic rings. The van der Waals surface area contributed by atoms with Crippen LogP contribution in [0.25, 0.3) is 0 Å². The standard InChI is InChI=1S/C14H26N2O/c1-12-11-13(12)14(17)15-7-6-10-16-8-4-2-3-5-9-16/h12-13H,2-11H2,1H3,(H,15,17)/t12-,13-/m1/s1. The molecule has 1 saturated heterocycles. The van der Waals surface area contributed by atoms with Crippen LogP contribution in [-0.4, -0.2) is 37.0 Å². The van der Waals surface area contributed by atoms with E-state index in [0.717, 1.165) is 25.9 Å². The zero-order chi connectivity index (χ0) is 12.1. The zero-order valence-corrected chi connectivity index (χ0v) is 11.1. The van der Waals surface area contributed by atoms with Crippen molar-refractivity contribution < 1.29 is 4.79 Å². The molecular formula is C14H26N2O. The van der Waals surface area contributed by atoms with Crippen molar-refractivity contribution in [1.29, 1.82) is 0 Å². The van der Waals surface area contributed by atoms with Crippen LogP contribution in [0.15, 0.2) is 0 Å². The average molecular weight is 238 g/mol. The second kappa shape index (κ2) is 6.39. The van der Waals surface area contributed by atoms with Crippen molar-refractivity contribution in [3.05, 3.63) is 0 Å². The molecule has 2 fully saturated rings. The minimum atomic E-state index is 0.286. The maximum Gasteiger partial charge on any atom is 0.223 e. The van der Waals surface area contributed by atoms with Crippen LogP contribution in [0.2, 0.25) is 0 Å². The van der Waals surface area contributed by atoms with Gasteiger partial charge in [0.1, 0.15) is 0 Å². The van der Waals surface area contributed by atoms with Gasteiger partial charge in [-0.1, -0.05) is 19.8 Å². The molecule has 17 heavy (non-hydrogen) atoms. The molecule has 3 heteroatoms. The van der Waals surface area contributed by atoms with Gasteiger partial charge in [-0.2, -0.15) is 0 Å². The highest BCUT2D eigenvalue weighted by molar-refractivity contribution is 5.81. The van der Waals surface area contributed by atoms with Gasteiger partial charge in [-0.05, 0) is 51.2 Å². The maximum absolute atomic E-state index is 11.6. The molecule has 98 valence electrons. The Morgan fingerprint density at radius 2 is 1.88 bits per heavy atom. The molecule has 1 aliphatic carbocycles. The van der Waals surface area contributed by atoms with Crippen LogP contribution < -0.4 is 5.32 Å². The molecule has 1 heterocycles. The van der Waals surface area contributed by atoms with E-state index in [0.29, 0.717) is 11.8 Å². The molecule has 1 N–H and O–H groups in total. The van der Waals surface area contributed by atoms with Gasteiger partial charge in [0.25, 0.3) is 0 Å². The number of carbonyl (C=O) groups excluding carboxylic acids is 1. The summed E-state index contributed by atoms with van der Waals surface area (Å²) in [5.74, 6) is 1.24. The van der Waals surface area contributed by atoms with Crippen LogP contribution in [0.3, 0.4) is 0 Å². The number of nitrogens with one attached hydrogen (secondary N) is 1. The molecule has 0 radical (unpaired) electrons. The van der Waals surface area contributed by atoms with Crippen LogP contribution in [0.4, 0.5) is 0 Å². The van der Waals surface area contributed by atoms with E-state index >= 15 is 0 Å². The highest BCUT2D eigenvalue weighted by Crippen LogP contribution is 2.37. The van der Waals surface area contributed by atoms with Gasteiger partial charge in [-0.25, -0.2) is 0 Å². The lowest BCUT2D eigenvalue weighted by Crippen LogP contribution is -2.31. The average Bonchev–Trinajstić information content (AvgIpc) is 3.08. The first-order valence-electron chi connectivity index (χ1n) is 7.27. The highest BCUT2D eigenvalue weighted by atomic mass is 16.2. The Morgan fingerprint density at radius 1 is 1.24 bits per heavy atom. The Bertz CT molecular complexity index is 247. The van der Waals surface area contributed by atoms with E-state index in [1.807, 2.05) is 0 Å². The Kier molecular flexibility index (Phi) is 4.84. The molecular weight excluding hydrogens is 212 g/mol. The fourth-order valence-electron chi connectivity index (χ4n) is 2.69. The number of nitrogens with zero attached hydrogens (tertiary/aromatic N) is 1. The molecule has 1 saturated carbocycles. The normalized spacial score (nSPS) is 29.7. The Morgan fingerprint density at radius 3 is 2.47 bits per heavy atom. The fraction of sp³-hybridized carbons (Fsp3) is 0.929. The summed E-state index contributed by atoms with van der Waals surface area (Å²) in [7, 11) is 0. The SMILES string of the molecule is C[C@@H]1C[C@H]1C(=O)NCCCN1CCCCCC1. The van der Waals surface area contributed by atoms with E-state index in [1.165, 1.54) is 38.8 Å². The monoisotopic (exact) mass is 238 g/mol. The first-order chi connectivity index (χ1) is 8.27. The van der Waals surface area contributed by atoms with E-state index in [2.05, 4.69) is 17.1 Å². The molecule has 0 aromatic heterocycles. The Labute approximate surface area is 105 Å². The summed E-state index contributed by atoms with van der Waals surface area (Å²) in [6.07, 6.45) is 7.70. The van der Waals surface area contributed by atoms with Crippen LogP contribution in [0, 0.1) is 11.8 Å². The Balaban J connectivity index is 1.51. The van der Waals surface area contributed by atoms with Gasteiger partial charge in [-0.15, -0.1) is 0 Å². The quantitative estimate of drug-likeness (QED) is 0.743. The van der Waals surface area contributed by atoms with Crippen molar-refractivity contribution in [2.24, 2.45) is 11.8 Å². The lowest BCUT2D eigenvalue weighted by molar-refractivity contribution is -0.122. The van der Waals surface area contributed by atoms with Crippen LogP contribution in [0.1, 0.15) is 45.4 Å². The third-order valence-electron chi connectivity index (χ3n) is 4.10. The minimum absolute atomic E-state index is 0.286. The van der Waals surface area contributed by atoms with Crippen molar-refractivity contribution in [3.8, 4) is 0 Å². The summed E-state index contributed by atoms with van der Waals surface area (Å²) in [5, 5.41) is 3.06. The molecule has 2 atom stereocenters. The number of likely N-dealkylation sites (tertiary alicyclic amines) is 1. The lowest BCUT2D eigenvalue weighted by atomic mass is 10.2. The third kappa shape index (κ3) is 4.30. The predicted octanol–water partition coefficient (Wildman–Crippen LogP) is 2.02. The molecule has 3 nitrogen and oxygen atoms in total. The van der Waals surface area contributed by atoms with E-state index < -0.39 is 0 Å². The maximum atomic E-state index is 11.6. The van der Waals surface area contributed by atoms with E-state index in [9.17, 15) is 4.79 Å². The van der Waals surface area contributed by atoms with Gasteiger partial charge in [-0.3, -0.25) is 4.79 Å². The highest BCUT2D eigenvalue weighted by Gasteiger charge is 2.38. The molecule has 1 amide bonds.